The zero-order chi connectivity index (χ0) is 14.5. The fraction of sp³-hybridized carbons (Fsp3) is 0.286. The number of ether oxygens (including phenoxy) is 1. The number of nitrogens with zero attached hydrogens (tertiary/aromatic N) is 3. The van der Waals surface area contributed by atoms with E-state index in [2.05, 4.69) is 31.2 Å². The lowest BCUT2D eigenvalue weighted by Gasteiger charge is -2.22. The van der Waals surface area contributed by atoms with Crippen molar-refractivity contribution >= 4 is 33.4 Å². The largest absolute Gasteiger partial charge is 0.495 e. The molecule has 0 aliphatic rings. The molecular weight excluding hydrogens is 320 g/mol. The van der Waals surface area contributed by atoms with Crippen LogP contribution in [-0.4, -0.2) is 30.7 Å². The van der Waals surface area contributed by atoms with E-state index in [0.29, 0.717) is 5.95 Å². The summed E-state index contributed by atoms with van der Waals surface area (Å²) in [4.78, 5) is 10.7. The molecule has 0 bridgehead atoms. The van der Waals surface area contributed by atoms with Crippen molar-refractivity contribution in [3.63, 3.8) is 0 Å². The van der Waals surface area contributed by atoms with Gasteiger partial charge in [-0.1, -0.05) is 12.1 Å². The summed E-state index contributed by atoms with van der Waals surface area (Å²) < 4.78 is 6.22. The minimum Gasteiger partial charge on any atom is -0.495 e. The topological polar surface area (TPSA) is 50.3 Å². The maximum atomic E-state index is 5.39. The third-order valence-electron chi connectivity index (χ3n) is 2.82. The maximum absolute atomic E-state index is 5.39. The molecule has 0 aliphatic carbocycles. The standard InChI is InChI=1S/C14H17BrN4O/c1-4-16-14-17-9-10(15)13(18-14)19(2)11-7-5-6-8-12(11)20-3/h5-9H,4H2,1-3H3,(H,16,17,18). The van der Waals surface area contributed by atoms with Gasteiger partial charge < -0.3 is 15.0 Å². The van der Waals surface area contributed by atoms with Crippen molar-refractivity contribution in [2.75, 3.05) is 30.9 Å². The fourth-order valence-electron chi connectivity index (χ4n) is 1.86. The molecule has 0 spiro atoms. The molecule has 0 saturated carbocycles. The van der Waals surface area contributed by atoms with Gasteiger partial charge in [-0.3, -0.25) is 0 Å². The Morgan fingerprint density at radius 1 is 1.35 bits per heavy atom. The Bertz CT molecular complexity index is 591. The highest BCUT2D eigenvalue weighted by atomic mass is 79.9. The molecule has 2 rings (SSSR count). The van der Waals surface area contributed by atoms with Gasteiger partial charge in [0.2, 0.25) is 5.95 Å². The molecule has 0 amide bonds. The average Bonchev–Trinajstić information content (AvgIpc) is 2.48. The van der Waals surface area contributed by atoms with Crippen molar-refractivity contribution in [3.05, 3.63) is 34.9 Å². The van der Waals surface area contributed by atoms with Crippen LogP contribution in [0, 0.1) is 0 Å². The third kappa shape index (κ3) is 3.01. The van der Waals surface area contributed by atoms with E-state index in [1.165, 1.54) is 0 Å². The van der Waals surface area contributed by atoms with Crippen LogP contribution >= 0.6 is 15.9 Å². The van der Waals surface area contributed by atoms with E-state index in [-0.39, 0.29) is 0 Å². The van der Waals surface area contributed by atoms with Gasteiger partial charge in [-0.15, -0.1) is 0 Å². The first-order valence-electron chi connectivity index (χ1n) is 6.30. The lowest BCUT2D eigenvalue weighted by molar-refractivity contribution is 0.415. The number of benzene rings is 1. The van der Waals surface area contributed by atoms with E-state index in [1.54, 1.807) is 13.3 Å². The van der Waals surface area contributed by atoms with E-state index in [1.807, 2.05) is 43.1 Å². The highest BCUT2D eigenvalue weighted by Crippen LogP contribution is 2.34. The molecule has 0 saturated heterocycles. The summed E-state index contributed by atoms with van der Waals surface area (Å²) >= 11 is 3.49. The van der Waals surface area contributed by atoms with Gasteiger partial charge >= 0.3 is 0 Å². The van der Waals surface area contributed by atoms with Crippen LogP contribution in [0.5, 0.6) is 5.75 Å². The Labute approximate surface area is 127 Å². The number of hydrogen-bond donors (Lipinski definition) is 1. The number of methoxy groups -OCH3 is 1. The molecule has 2 aromatic rings. The predicted octanol–water partition coefficient (Wildman–Crippen LogP) is 3.45. The molecule has 0 fully saturated rings. The van der Waals surface area contributed by atoms with Crippen LogP contribution in [-0.2, 0) is 0 Å². The van der Waals surface area contributed by atoms with Crippen LogP contribution in [0.2, 0.25) is 0 Å². The minimum atomic E-state index is 0.604. The van der Waals surface area contributed by atoms with E-state index in [4.69, 9.17) is 4.74 Å². The summed E-state index contributed by atoms with van der Waals surface area (Å²) in [5, 5.41) is 3.11. The van der Waals surface area contributed by atoms with Crippen LogP contribution < -0.4 is 15.0 Å². The van der Waals surface area contributed by atoms with Gasteiger partial charge in [-0.25, -0.2) is 4.98 Å². The van der Waals surface area contributed by atoms with Gasteiger partial charge in [-0.2, -0.15) is 4.98 Å². The lowest BCUT2D eigenvalue weighted by atomic mass is 10.2. The molecule has 1 N–H and O–H groups in total. The second-order valence-electron chi connectivity index (χ2n) is 4.13. The molecule has 0 radical (unpaired) electrons. The summed E-state index contributed by atoms with van der Waals surface area (Å²) in [5.41, 5.74) is 0.942. The van der Waals surface area contributed by atoms with Gasteiger partial charge in [0.05, 0.1) is 17.3 Å². The second-order valence-corrected chi connectivity index (χ2v) is 4.98. The summed E-state index contributed by atoms with van der Waals surface area (Å²) in [6, 6.07) is 7.82. The number of halogens is 1. The zero-order valence-corrected chi connectivity index (χ0v) is 13.3. The predicted molar refractivity (Wildman–Crippen MR) is 85.0 cm³/mol. The van der Waals surface area contributed by atoms with Gasteiger partial charge in [0.25, 0.3) is 0 Å². The van der Waals surface area contributed by atoms with Gasteiger partial charge in [-0.05, 0) is 35.0 Å². The molecule has 1 heterocycles. The molecule has 5 nitrogen and oxygen atoms in total. The monoisotopic (exact) mass is 336 g/mol. The van der Waals surface area contributed by atoms with Crippen molar-refractivity contribution in [1.82, 2.24) is 9.97 Å². The Morgan fingerprint density at radius 3 is 2.80 bits per heavy atom. The number of hydrogen-bond acceptors (Lipinski definition) is 5. The Kier molecular flexibility index (Phi) is 4.79. The normalized spacial score (nSPS) is 10.2. The van der Waals surface area contributed by atoms with Crippen LogP contribution in [0.25, 0.3) is 0 Å². The van der Waals surface area contributed by atoms with Gasteiger partial charge in [0.1, 0.15) is 5.75 Å². The van der Waals surface area contributed by atoms with Crippen LogP contribution in [0.4, 0.5) is 17.5 Å². The van der Waals surface area contributed by atoms with E-state index >= 15 is 0 Å². The summed E-state index contributed by atoms with van der Waals surface area (Å²) in [6.07, 6.45) is 1.74. The van der Waals surface area contributed by atoms with E-state index in [0.717, 1.165) is 28.3 Å². The summed E-state index contributed by atoms with van der Waals surface area (Å²) in [7, 11) is 3.60. The number of rotatable bonds is 5. The van der Waals surface area contributed by atoms with E-state index < -0.39 is 0 Å². The van der Waals surface area contributed by atoms with Crippen molar-refractivity contribution in [2.45, 2.75) is 6.92 Å². The Morgan fingerprint density at radius 2 is 2.10 bits per heavy atom. The fourth-order valence-corrected chi connectivity index (χ4v) is 2.31. The first kappa shape index (κ1) is 14.6. The van der Waals surface area contributed by atoms with Gasteiger partial charge in [0, 0.05) is 19.8 Å². The molecule has 0 aliphatic heterocycles. The Hall–Kier alpha value is -1.82. The number of nitrogens with one attached hydrogen (secondary N) is 1. The van der Waals surface area contributed by atoms with Crippen LogP contribution in [0.15, 0.2) is 34.9 Å². The van der Waals surface area contributed by atoms with Gasteiger partial charge in [0.15, 0.2) is 5.82 Å². The average molecular weight is 337 g/mol. The summed E-state index contributed by atoms with van der Waals surface area (Å²) in [6.45, 7) is 2.79. The van der Waals surface area contributed by atoms with Crippen molar-refractivity contribution in [3.8, 4) is 5.75 Å². The molecule has 1 aromatic carbocycles. The first-order valence-corrected chi connectivity index (χ1v) is 7.09. The van der Waals surface area contributed by atoms with Crippen LogP contribution in [0.3, 0.4) is 0 Å². The third-order valence-corrected chi connectivity index (χ3v) is 3.38. The molecule has 1 aromatic heterocycles. The number of para-hydroxylation sites is 2. The highest BCUT2D eigenvalue weighted by molar-refractivity contribution is 9.10. The Balaban J connectivity index is 2.41. The molecular formula is C14H17BrN4O. The SMILES string of the molecule is CCNc1ncc(Br)c(N(C)c2ccccc2OC)n1. The second kappa shape index (κ2) is 6.56. The molecule has 20 heavy (non-hydrogen) atoms. The highest BCUT2D eigenvalue weighted by Gasteiger charge is 2.14. The first-order chi connectivity index (χ1) is 9.67. The number of anilines is 3. The zero-order valence-electron chi connectivity index (χ0n) is 11.7. The van der Waals surface area contributed by atoms with Crippen molar-refractivity contribution in [1.29, 1.82) is 0 Å². The van der Waals surface area contributed by atoms with Crippen molar-refractivity contribution in [2.24, 2.45) is 0 Å². The molecule has 0 atom stereocenters. The van der Waals surface area contributed by atoms with Crippen LogP contribution in [0.1, 0.15) is 6.92 Å². The minimum absolute atomic E-state index is 0.604. The maximum Gasteiger partial charge on any atom is 0.224 e. The smallest absolute Gasteiger partial charge is 0.224 e. The van der Waals surface area contributed by atoms with E-state index in [9.17, 15) is 0 Å². The number of aromatic nitrogens is 2. The molecule has 6 heteroatoms. The quantitative estimate of drug-likeness (QED) is 0.906. The lowest BCUT2D eigenvalue weighted by Crippen LogP contribution is -2.14. The molecule has 0 unspecified atom stereocenters. The van der Waals surface area contributed by atoms with Crippen molar-refractivity contribution < 1.29 is 4.74 Å². The summed E-state index contributed by atoms with van der Waals surface area (Å²) in [5.74, 6) is 2.18. The molecule has 106 valence electrons.